The molecular weight excluding hydrogens is 477 g/mol. The lowest BCUT2D eigenvalue weighted by molar-refractivity contribution is -0.0518. The van der Waals surface area contributed by atoms with Gasteiger partial charge in [0.05, 0.1) is 0 Å². The normalized spacial score (nSPS) is 12.5. The second kappa shape index (κ2) is 10.8. The number of alkyl halides is 3. The zero-order valence-electron chi connectivity index (χ0n) is 20.3. The second-order valence-electron chi connectivity index (χ2n) is 9.07. The van der Waals surface area contributed by atoms with Crippen molar-refractivity contribution in [2.75, 3.05) is 0 Å². The summed E-state index contributed by atoms with van der Waals surface area (Å²) in [5, 5.41) is 0. The molecule has 0 unspecified atom stereocenters. The fraction of sp³-hybridized carbons (Fsp3) is 0.385. The van der Waals surface area contributed by atoms with Gasteiger partial charge in [-0.25, -0.2) is 0 Å². The molecule has 0 spiro atoms. The summed E-state index contributed by atoms with van der Waals surface area (Å²) in [5.41, 5.74) is -0.509. The number of benzene rings is 2. The highest BCUT2D eigenvalue weighted by Gasteiger charge is 2.49. The van der Waals surface area contributed by atoms with Gasteiger partial charge in [-0.2, -0.15) is 21.6 Å². The van der Waals surface area contributed by atoms with E-state index in [1.54, 1.807) is 60.7 Å². The Morgan fingerprint density at radius 1 is 0.794 bits per heavy atom. The largest absolute Gasteiger partial charge is 0.534 e. The zero-order chi connectivity index (χ0) is 25.7. The maximum atomic E-state index is 13.3. The van der Waals surface area contributed by atoms with Crippen LogP contribution in [-0.2, 0) is 14.3 Å². The first-order valence-corrected chi connectivity index (χ1v) is 14.8. The highest BCUT2D eigenvalue weighted by atomic mass is 32.2. The summed E-state index contributed by atoms with van der Waals surface area (Å²) in [7, 11) is -8.34. The molecule has 34 heavy (non-hydrogen) atoms. The molecular formula is C26H31F3O3SSi. The van der Waals surface area contributed by atoms with Gasteiger partial charge in [0, 0.05) is 5.57 Å². The third-order valence-electron chi connectivity index (χ3n) is 6.09. The van der Waals surface area contributed by atoms with Crippen molar-refractivity contribution in [3.05, 3.63) is 77.5 Å². The third kappa shape index (κ3) is 5.94. The summed E-state index contributed by atoms with van der Waals surface area (Å²) in [5.74, 6) is 2.30. The van der Waals surface area contributed by atoms with E-state index in [0.717, 1.165) is 0 Å². The van der Waals surface area contributed by atoms with Crippen molar-refractivity contribution in [1.82, 2.24) is 0 Å². The SMILES string of the molecule is CC(C)[Si](C#CC(OS(=O)(=O)C(F)(F)F)=C(c1ccccc1)c1ccccc1)(C(C)C)C(C)C. The Morgan fingerprint density at radius 3 is 1.50 bits per heavy atom. The van der Waals surface area contributed by atoms with E-state index >= 15 is 0 Å². The smallest absolute Gasteiger partial charge is 0.366 e. The van der Waals surface area contributed by atoms with Crippen molar-refractivity contribution in [2.24, 2.45) is 0 Å². The average Bonchev–Trinajstić information content (AvgIpc) is 2.74. The molecule has 0 aliphatic carbocycles. The minimum absolute atomic E-state index is 0.192. The van der Waals surface area contributed by atoms with Crippen molar-refractivity contribution >= 4 is 23.8 Å². The number of hydrogen-bond acceptors (Lipinski definition) is 3. The molecule has 2 rings (SSSR count). The molecule has 0 atom stereocenters. The summed E-state index contributed by atoms with van der Waals surface area (Å²) >= 11 is 0. The van der Waals surface area contributed by atoms with Crippen LogP contribution in [0.3, 0.4) is 0 Å². The topological polar surface area (TPSA) is 43.4 Å². The van der Waals surface area contributed by atoms with Crippen LogP contribution in [0.5, 0.6) is 0 Å². The van der Waals surface area contributed by atoms with E-state index in [2.05, 4.69) is 53.0 Å². The molecule has 184 valence electrons. The molecule has 0 aliphatic heterocycles. The third-order valence-corrected chi connectivity index (χ3v) is 13.3. The number of halogens is 3. The molecule has 0 saturated heterocycles. The van der Waals surface area contributed by atoms with Crippen LogP contribution in [0.4, 0.5) is 13.2 Å². The van der Waals surface area contributed by atoms with E-state index in [0.29, 0.717) is 11.1 Å². The van der Waals surface area contributed by atoms with E-state index in [1.807, 2.05) is 0 Å². The van der Waals surface area contributed by atoms with Crippen LogP contribution in [0, 0.1) is 11.5 Å². The van der Waals surface area contributed by atoms with Crippen molar-refractivity contribution in [3.63, 3.8) is 0 Å². The summed E-state index contributed by atoms with van der Waals surface area (Å²) in [6.45, 7) is 12.4. The predicted molar refractivity (Wildman–Crippen MR) is 134 cm³/mol. The first kappa shape index (κ1) is 27.7. The maximum absolute atomic E-state index is 13.3. The Morgan fingerprint density at radius 2 is 1.18 bits per heavy atom. The van der Waals surface area contributed by atoms with Crippen LogP contribution < -0.4 is 0 Å². The molecule has 0 aromatic heterocycles. The Kier molecular flexibility index (Phi) is 8.84. The second-order valence-corrected chi connectivity index (χ2v) is 16.2. The minimum atomic E-state index is -5.93. The lowest BCUT2D eigenvalue weighted by Gasteiger charge is -2.38. The molecule has 0 radical (unpaired) electrons. The molecule has 0 bridgehead atoms. The van der Waals surface area contributed by atoms with Gasteiger partial charge in [0.1, 0.15) is 8.07 Å². The van der Waals surface area contributed by atoms with Crippen LogP contribution >= 0.6 is 0 Å². The Bertz CT molecular complexity index is 1100. The quantitative estimate of drug-likeness (QED) is 0.128. The summed E-state index contributed by atoms with van der Waals surface area (Å²) < 4.78 is 69.1. The van der Waals surface area contributed by atoms with Gasteiger partial charge in [-0.3, -0.25) is 0 Å². The van der Waals surface area contributed by atoms with E-state index < -0.39 is 29.5 Å². The van der Waals surface area contributed by atoms with E-state index in [-0.39, 0.29) is 22.2 Å². The van der Waals surface area contributed by atoms with E-state index in [4.69, 9.17) is 4.18 Å². The van der Waals surface area contributed by atoms with E-state index in [1.165, 1.54) is 0 Å². The van der Waals surface area contributed by atoms with Gasteiger partial charge < -0.3 is 4.18 Å². The minimum Gasteiger partial charge on any atom is -0.366 e. The molecule has 0 amide bonds. The monoisotopic (exact) mass is 508 g/mol. The van der Waals surface area contributed by atoms with Crippen LogP contribution in [0.15, 0.2) is 66.4 Å². The van der Waals surface area contributed by atoms with Crippen LogP contribution in [-0.4, -0.2) is 22.0 Å². The van der Waals surface area contributed by atoms with Gasteiger partial charge in [0.15, 0.2) is 0 Å². The van der Waals surface area contributed by atoms with Crippen LogP contribution in [0.2, 0.25) is 16.6 Å². The highest BCUT2D eigenvalue weighted by molar-refractivity contribution is 7.87. The first-order valence-electron chi connectivity index (χ1n) is 11.1. The maximum Gasteiger partial charge on any atom is 0.534 e. The van der Waals surface area contributed by atoms with Gasteiger partial charge >= 0.3 is 15.6 Å². The summed E-state index contributed by atoms with van der Waals surface area (Å²) in [6.07, 6.45) is 0. The molecule has 8 heteroatoms. The zero-order valence-corrected chi connectivity index (χ0v) is 22.1. The first-order chi connectivity index (χ1) is 15.7. The number of allylic oxidation sites excluding steroid dienone is 1. The molecule has 0 saturated carbocycles. The van der Waals surface area contributed by atoms with Gasteiger partial charge in [-0.15, -0.1) is 5.54 Å². The predicted octanol–water partition coefficient (Wildman–Crippen LogP) is 7.53. The van der Waals surface area contributed by atoms with Gasteiger partial charge in [-0.05, 0) is 33.7 Å². The van der Waals surface area contributed by atoms with Crippen molar-refractivity contribution in [2.45, 2.75) is 63.7 Å². The number of hydrogen-bond donors (Lipinski definition) is 0. The molecule has 0 N–H and O–H groups in total. The van der Waals surface area contributed by atoms with Crippen molar-refractivity contribution < 1.29 is 25.8 Å². The lowest BCUT2D eigenvalue weighted by atomic mass is 9.97. The Hall–Kier alpha value is -2.50. The molecule has 0 heterocycles. The number of rotatable bonds is 7. The standard InChI is InChI=1S/C26H31F3O3SSi/c1-19(2)34(20(3)4,21(5)6)18-17-24(32-33(30,31)26(27,28)29)25(22-13-9-7-10-14-22)23-15-11-8-12-16-23/h7-16,19-21H,1-6H3. The lowest BCUT2D eigenvalue weighted by Crippen LogP contribution is -2.43. The Balaban J connectivity index is 2.96. The van der Waals surface area contributed by atoms with Gasteiger partial charge in [0.2, 0.25) is 5.76 Å². The fourth-order valence-electron chi connectivity index (χ4n) is 4.52. The van der Waals surface area contributed by atoms with Crippen LogP contribution in [0.1, 0.15) is 52.7 Å². The molecule has 3 nitrogen and oxygen atoms in total. The fourth-order valence-corrected chi connectivity index (χ4v) is 10.2. The van der Waals surface area contributed by atoms with Crippen molar-refractivity contribution in [3.8, 4) is 11.5 Å². The molecule has 2 aromatic carbocycles. The van der Waals surface area contributed by atoms with E-state index in [9.17, 15) is 21.6 Å². The van der Waals surface area contributed by atoms with Crippen molar-refractivity contribution in [1.29, 1.82) is 0 Å². The molecule has 0 fully saturated rings. The highest BCUT2D eigenvalue weighted by Crippen LogP contribution is 2.41. The molecule has 0 aliphatic rings. The van der Waals surface area contributed by atoms with Gasteiger partial charge in [0.25, 0.3) is 0 Å². The summed E-state index contributed by atoms with van der Waals surface area (Å²) in [6, 6.07) is 17.1. The Labute approximate surface area is 202 Å². The van der Waals surface area contributed by atoms with Crippen LogP contribution in [0.25, 0.3) is 5.57 Å². The van der Waals surface area contributed by atoms with Gasteiger partial charge in [-0.1, -0.05) is 102 Å². The molecule has 2 aromatic rings. The average molecular weight is 509 g/mol. The summed E-state index contributed by atoms with van der Waals surface area (Å²) in [4.78, 5) is 0.